The van der Waals surface area contributed by atoms with Gasteiger partial charge in [0.1, 0.15) is 0 Å². The first-order valence-corrected chi connectivity index (χ1v) is 5.00. The lowest BCUT2D eigenvalue weighted by Gasteiger charge is -2.06. The van der Waals surface area contributed by atoms with Crippen LogP contribution in [0.5, 0.6) is 0 Å². The Kier molecular flexibility index (Phi) is 2.73. The summed E-state index contributed by atoms with van der Waals surface area (Å²) in [6, 6.07) is 14.4. The third-order valence-electron chi connectivity index (χ3n) is 2.48. The maximum atomic E-state index is 12.1. The zero-order valence-electron chi connectivity index (χ0n) is 8.81. The van der Waals surface area contributed by atoms with Crippen LogP contribution < -0.4 is 5.73 Å². The normalized spacial score (nSPS) is 10.1. The molecule has 16 heavy (non-hydrogen) atoms. The standard InChI is InChI=1S/C14H12NO/c1-10-6-5-9-12(13(10)15)14(16)11-7-3-2-4-8-11/h2-9H,1,15H2. The maximum absolute atomic E-state index is 12.1. The van der Waals surface area contributed by atoms with Crippen molar-refractivity contribution in [2.45, 2.75) is 0 Å². The zero-order valence-corrected chi connectivity index (χ0v) is 8.81. The highest BCUT2D eigenvalue weighted by molar-refractivity contribution is 6.12. The van der Waals surface area contributed by atoms with E-state index in [1.54, 1.807) is 30.3 Å². The minimum atomic E-state index is -0.0661. The van der Waals surface area contributed by atoms with Crippen LogP contribution in [0.15, 0.2) is 48.5 Å². The van der Waals surface area contributed by atoms with Crippen LogP contribution in [-0.4, -0.2) is 5.78 Å². The van der Waals surface area contributed by atoms with Gasteiger partial charge in [0.05, 0.1) is 0 Å². The summed E-state index contributed by atoms with van der Waals surface area (Å²) in [5.41, 5.74) is 8.13. The molecule has 2 aromatic carbocycles. The van der Waals surface area contributed by atoms with Crippen molar-refractivity contribution < 1.29 is 4.79 Å². The van der Waals surface area contributed by atoms with Crippen LogP contribution in [0.3, 0.4) is 0 Å². The molecule has 0 fully saturated rings. The van der Waals surface area contributed by atoms with E-state index in [1.807, 2.05) is 18.2 Å². The molecular weight excluding hydrogens is 198 g/mol. The Morgan fingerprint density at radius 1 is 1.00 bits per heavy atom. The number of carbonyl (C=O) groups is 1. The van der Waals surface area contributed by atoms with Gasteiger partial charge in [-0.1, -0.05) is 42.5 Å². The van der Waals surface area contributed by atoms with E-state index in [0.717, 1.165) is 0 Å². The Bertz CT molecular complexity index is 518. The van der Waals surface area contributed by atoms with E-state index in [-0.39, 0.29) is 5.78 Å². The summed E-state index contributed by atoms with van der Waals surface area (Å²) in [6.45, 7) is 3.78. The molecule has 0 aliphatic rings. The molecule has 0 amide bonds. The highest BCUT2D eigenvalue weighted by Gasteiger charge is 2.12. The van der Waals surface area contributed by atoms with Gasteiger partial charge in [0.25, 0.3) is 0 Å². The molecule has 0 atom stereocenters. The van der Waals surface area contributed by atoms with Crippen molar-refractivity contribution in [3.8, 4) is 0 Å². The van der Waals surface area contributed by atoms with Crippen LogP contribution in [0, 0.1) is 6.92 Å². The number of nitrogens with two attached hydrogens (primary N) is 1. The van der Waals surface area contributed by atoms with Crippen molar-refractivity contribution >= 4 is 11.5 Å². The van der Waals surface area contributed by atoms with Crippen molar-refractivity contribution in [3.63, 3.8) is 0 Å². The van der Waals surface area contributed by atoms with E-state index >= 15 is 0 Å². The lowest BCUT2D eigenvalue weighted by atomic mass is 10.00. The third kappa shape index (κ3) is 1.82. The molecule has 0 spiro atoms. The second kappa shape index (κ2) is 4.19. The molecule has 0 aliphatic heterocycles. The van der Waals surface area contributed by atoms with E-state index < -0.39 is 0 Å². The van der Waals surface area contributed by atoms with Crippen molar-refractivity contribution in [3.05, 3.63) is 72.1 Å². The number of para-hydroxylation sites is 1. The molecule has 0 aliphatic carbocycles. The highest BCUT2D eigenvalue weighted by Crippen LogP contribution is 2.19. The number of carbonyl (C=O) groups excluding carboxylic acids is 1. The summed E-state index contributed by atoms with van der Waals surface area (Å²) in [7, 11) is 0. The molecular formula is C14H12NO. The number of rotatable bonds is 2. The van der Waals surface area contributed by atoms with Gasteiger partial charge >= 0.3 is 0 Å². The predicted molar refractivity (Wildman–Crippen MR) is 65.2 cm³/mol. The Morgan fingerprint density at radius 3 is 2.38 bits per heavy atom. The molecule has 2 nitrogen and oxygen atoms in total. The molecule has 2 N–H and O–H groups in total. The molecule has 2 heteroatoms. The first-order chi connectivity index (χ1) is 7.70. The molecule has 0 saturated carbocycles. The molecule has 0 heterocycles. The van der Waals surface area contributed by atoms with Crippen LogP contribution in [-0.2, 0) is 0 Å². The largest absolute Gasteiger partial charge is 0.398 e. The summed E-state index contributed by atoms with van der Waals surface area (Å²) >= 11 is 0. The Morgan fingerprint density at radius 2 is 1.69 bits per heavy atom. The third-order valence-corrected chi connectivity index (χ3v) is 2.48. The fraction of sp³-hybridized carbons (Fsp3) is 0. The van der Waals surface area contributed by atoms with Crippen LogP contribution in [0.25, 0.3) is 0 Å². The van der Waals surface area contributed by atoms with E-state index in [1.165, 1.54) is 0 Å². The SMILES string of the molecule is [CH2]c1cccc(C(=O)c2ccccc2)c1N. The van der Waals surface area contributed by atoms with E-state index in [4.69, 9.17) is 5.73 Å². The number of hydrogen-bond acceptors (Lipinski definition) is 2. The van der Waals surface area contributed by atoms with Crippen molar-refractivity contribution in [2.75, 3.05) is 5.73 Å². The molecule has 0 bridgehead atoms. The Balaban J connectivity index is 2.46. The fourth-order valence-corrected chi connectivity index (χ4v) is 1.56. The molecule has 0 unspecified atom stereocenters. The van der Waals surface area contributed by atoms with Crippen LogP contribution in [0.1, 0.15) is 21.5 Å². The number of anilines is 1. The van der Waals surface area contributed by atoms with Crippen LogP contribution in [0.4, 0.5) is 5.69 Å². The van der Waals surface area contributed by atoms with Gasteiger partial charge in [0, 0.05) is 16.8 Å². The van der Waals surface area contributed by atoms with Crippen molar-refractivity contribution in [2.24, 2.45) is 0 Å². The minimum absolute atomic E-state index is 0.0661. The van der Waals surface area contributed by atoms with Gasteiger partial charge in [-0.15, -0.1) is 0 Å². The quantitative estimate of drug-likeness (QED) is 0.611. The van der Waals surface area contributed by atoms with Gasteiger partial charge in [0.15, 0.2) is 5.78 Å². The molecule has 1 radical (unpaired) electrons. The fourth-order valence-electron chi connectivity index (χ4n) is 1.56. The van der Waals surface area contributed by atoms with Gasteiger partial charge in [-0.05, 0) is 18.6 Å². The Labute approximate surface area is 94.7 Å². The topological polar surface area (TPSA) is 43.1 Å². The van der Waals surface area contributed by atoms with Gasteiger partial charge in [-0.2, -0.15) is 0 Å². The van der Waals surface area contributed by atoms with Crippen LogP contribution in [0.2, 0.25) is 0 Å². The predicted octanol–water partition coefficient (Wildman–Crippen LogP) is 2.68. The van der Waals surface area contributed by atoms with Crippen LogP contribution >= 0.6 is 0 Å². The number of ketones is 1. The van der Waals surface area contributed by atoms with E-state index in [9.17, 15) is 4.79 Å². The zero-order chi connectivity index (χ0) is 11.5. The van der Waals surface area contributed by atoms with Gasteiger partial charge in [-0.3, -0.25) is 4.79 Å². The summed E-state index contributed by atoms with van der Waals surface area (Å²) in [4.78, 5) is 12.1. The highest BCUT2D eigenvalue weighted by atomic mass is 16.1. The average molecular weight is 210 g/mol. The number of benzene rings is 2. The maximum Gasteiger partial charge on any atom is 0.195 e. The van der Waals surface area contributed by atoms with E-state index in [0.29, 0.717) is 22.4 Å². The average Bonchev–Trinajstić information content (AvgIpc) is 2.33. The smallest absolute Gasteiger partial charge is 0.195 e. The van der Waals surface area contributed by atoms with Gasteiger partial charge in [-0.25, -0.2) is 0 Å². The number of nitrogen functional groups attached to an aromatic ring is 1. The van der Waals surface area contributed by atoms with Gasteiger partial charge < -0.3 is 5.73 Å². The summed E-state index contributed by atoms with van der Waals surface area (Å²) in [5.74, 6) is -0.0661. The molecule has 2 rings (SSSR count). The summed E-state index contributed by atoms with van der Waals surface area (Å²) in [6.07, 6.45) is 0. The van der Waals surface area contributed by atoms with Crippen molar-refractivity contribution in [1.82, 2.24) is 0 Å². The summed E-state index contributed by atoms with van der Waals surface area (Å²) in [5, 5.41) is 0. The van der Waals surface area contributed by atoms with E-state index in [2.05, 4.69) is 6.92 Å². The molecule has 79 valence electrons. The molecule has 0 aromatic heterocycles. The minimum Gasteiger partial charge on any atom is -0.398 e. The van der Waals surface area contributed by atoms with Gasteiger partial charge in [0.2, 0.25) is 0 Å². The summed E-state index contributed by atoms with van der Waals surface area (Å²) < 4.78 is 0. The first kappa shape index (κ1) is 10.4. The lowest BCUT2D eigenvalue weighted by Crippen LogP contribution is -2.06. The Hall–Kier alpha value is -2.09. The molecule has 2 aromatic rings. The second-order valence-corrected chi connectivity index (χ2v) is 3.57. The number of hydrogen-bond donors (Lipinski definition) is 1. The second-order valence-electron chi connectivity index (χ2n) is 3.57. The monoisotopic (exact) mass is 210 g/mol. The first-order valence-electron chi connectivity index (χ1n) is 5.00. The lowest BCUT2D eigenvalue weighted by molar-refractivity contribution is 0.103. The molecule has 0 saturated heterocycles. The van der Waals surface area contributed by atoms with Crippen molar-refractivity contribution in [1.29, 1.82) is 0 Å².